The summed E-state index contributed by atoms with van der Waals surface area (Å²) in [5, 5.41) is 0. The lowest BCUT2D eigenvalue weighted by Gasteiger charge is -2.37. The summed E-state index contributed by atoms with van der Waals surface area (Å²) in [7, 11) is 3.11. The van der Waals surface area contributed by atoms with Gasteiger partial charge in [-0.2, -0.15) is 0 Å². The van der Waals surface area contributed by atoms with Crippen LogP contribution in [0, 0.1) is 35.5 Å². The van der Waals surface area contributed by atoms with E-state index in [0.29, 0.717) is 29.0 Å². The van der Waals surface area contributed by atoms with Crippen molar-refractivity contribution in [3.8, 4) is 11.5 Å². The van der Waals surface area contributed by atoms with Gasteiger partial charge in [-0.3, -0.25) is 9.59 Å². The van der Waals surface area contributed by atoms with E-state index in [9.17, 15) is 9.59 Å². The van der Waals surface area contributed by atoms with Gasteiger partial charge in [0.2, 0.25) is 11.8 Å². The molecule has 3 fully saturated rings. The van der Waals surface area contributed by atoms with Crippen LogP contribution in [0.15, 0.2) is 30.4 Å². The summed E-state index contributed by atoms with van der Waals surface area (Å²) in [4.78, 5) is 27.6. The predicted molar refractivity (Wildman–Crippen MR) is 86.7 cm³/mol. The number of hydrogen-bond acceptors (Lipinski definition) is 4. The minimum Gasteiger partial charge on any atom is -0.497 e. The molecular weight excluding hydrogens is 306 g/mol. The van der Waals surface area contributed by atoms with Gasteiger partial charge < -0.3 is 9.47 Å². The van der Waals surface area contributed by atoms with Crippen molar-refractivity contribution in [1.82, 2.24) is 0 Å². The number of carbonyl (C=O) groups is 2. The summed E-state index contributed by atoms with van der Waals surface area (Å²) in [5.74, 6) is 2.20. The van der Waals surface area contributed by atoms with Crippen molar-refractivity contribution in [3.05, 3.63) is 30.4 Å². The molecule has 124 valence electrons. The molecule has 0 unspecified atom stereocenters. The molecule has 5 heteroatoms. The molecule has 2 bridgehead atoms. The summed E-state index contributed by atoms with van der Waals surface area (Å²) >= 11 is 0. The third-order valence-corrected chi connectivity index (χ3v) is 6.29. The Kier molecular flexibility index (Phi) is 2.71. The van der Waals surface area contributed by atoms with Gasteiger partial charge in [-0.25, -0.2) is 4.90 Å². The second-order valence-corrected chi connectivity index (χ2v) is 7.20. The zero-order valence-electron chi connectivity index (χ0n) is 13.6. The van der Waals surface area contributed by atoms with Gasteiger partial charge in [-0.15, -0.1) is 0 Å². The highest BCUT2D eigenvalue weighted by molar-refractivity contribution is 6.23. The van der Waals surface area contributed by atoms with Gasteiger partial charge in [0.15, 0.2) is 0 Å². The third kappa shape index (κ3) is 1.60. The van der Waals surface area contributed by atoms with Gasteiger partial charge >= 0.3 is 0 Å². The number of rotatable bonds is 3. The molecule has 5 aliphatic rings. The molecule has 1 aromatic carbocycles. The smallest absolute Gasteiger partial charge is 0.238 e. The fraction of sp³-hybridized carbons (Fsp3) is 0.474. The monoisotopic (exact) mass is 325 g/mol. The van der Waals surface area contributed by atoms with E-state index >= 15 is 0 Å². The number of anilines is 1. The Morgan fingerprint density at radius 3 is 2.12 bits per heavy atom. The third-order valence-electron chi connectivity index (χ3n) is 6.29. The molecule has 1 aromatic rings. The van der Waals surface area contributed by atoms with Crippen LogP contribution in [0.2, 0.25) is 0 Å². The first-order valence-corrected chi connectivity index (χ1v) is 8.44. The lowest BCUT2D eigenvalue weighted by Crippen LogP contribution is -2.40. The zero-order valence-corrected chi connectivity index (χ0v) is 13.6. The van der Waals surface area contributed by atoms with Crippen molar-refractivity contribution >= 4 is 17.5 Å². The Balaban J connectivity index is 1.60. The number of hydrogen-bond donors (Lipinski definition) is 0. The number of nitrogens with zero attached hydrogens (tertiary/aromatic N) is 1. The number of carbonyl (C=O) groups excluding carboxylic acids is 2. The molecular formula is C19H19NO4. The molecule has 1 aliphatic heterocycles. The number of ether oxygens (including phenoxy) is 2. The highest BCUT2D eigenvalue weighted by Crippen LogP contribution is 2.65. The minimum atomic E-state index is -0.202. The van der Waals surface area contributed by atoms with Crippen LogP contribution in [0.4, 0.5) is 5.69 Å². The fourth-order valence-corrected chi connectivity index (χ4v) is 5.17. The predicted octanol–water partition coefficient (Wildman–Crippen LogP) is 2.26. The Bertz CT molecular complexity index is 750. The highest BCUT2D eigenvalue weighted by atomic mass is 16.5. The number of amides is 2. The summed E-state index contributed by atoms with van der Waals surface area (Å²) in [6.45, 7) is 0. The van der Waals surface area contributed by atoms with E-state index in [4.69, 9.17) is 9.47 Å². The average Bonchev–Trinajstić information content (AvgIpc) is 3.39. The Morgan fingerprint density at radius 1 is 0.958 bits per heavy atom. The van der Waals surface area contributed by atoms with Gasteiger partial charge in [-0.05, 0) is 42.2 Å². The summed E-state index contributed by atoms with van der Waals surface area (Å²) in [6, 6.07) is 5.21. The van der Waals surface area contributed by atoms with Crippen LogP contribution in [0.5, 0.6) is 11.5 Å². The second kappa shape index (κ2) is 4.62. The maximum absolute atomic E-state index is 13.1. The Hall–Kier alpha value is -2.30. The van der Waals surface area contributed by atoms with Gasteiger partial charge in [0.05, 0.1) is 31.7 Å². The first-order valence-electron chi connectivity index (χ1n) is 8.44. The van der Waals surface area contributed by atoms with E-state index in [2.05, 4.69) is 12.2 Å². The van der Waals surface area contributed by atoms with E-state index in [1.165, 1.54) is 11.3 Å². The van der Waals surface area contributed by atoms with Gasteiger partial charge in [0.25, 0.3) is 0 Å². The molecule has 0 aromatic heterocycles. The molecule has 5 nitrogen and oxygen atoms in total. The summed E-state index contributed by atoms with van der Waals surface area (Å²) in [5.41, 5.74) is 0.495. The lowest BCUT2D eigenvalue weighted by molar-refractivity contribution is -0.124. The quantitative estimate of drug-likeness (QED) is 0.632. The molecule has 1 saturated heterocycles. The van der Waals surface area contributed by atoms with Crippen LogP contribution in [0.3, 0.4) is 0 Å². The molecule has 24 heavy (non-hydrogen) atoms. The van der Waals surface area contributed by atoms with Crippen molar-refractivity contribution in [3.63, 3.8) is 0 Å². The second-order valence-electron chi connectivity index (χ2n) is 7.20. The van der Waals surface area contributed by atoms with Crippen molar-refractivity contribution < 1.29 is 19.1 Å². The van der Waals surface area contributed by atoms with Crippen LogP contribution >= 0.6 is 0 Å². The first kappa shape index (κ1) is 14.1. The number of imide groups is 1. The molecule has 6 atom stereocenters. The standard InChI is InChI=1S/C19H19NO4/c1-23-9-3-6-15(24-2)14(7-9)20-18(21)16-10-4-5-11(13-8-12(10)13)17(16)19(20)22/h3-7,10-13,16-17H,8H2,1-2H3/t10-,11-,12-,13-,16-,17+/m0/s1. The zero-order chi connectivity index (χ0) is 16.6. The van der Waals surface area contributed by atoms with Crippen LogP contribution in [-0.2, 0) is 9.59 Å². The lowest BCUT2D eigenvalue weighted by atomic mass is 9.63. The Morgan fingerprint density at radius 2 is 1.58 bits per heavy atom. The summed E-state index contributed by atoms with van der Waals surface area (Å²) < 4.78 is 10.7. The van der Waals surface area contributed by atoms with E-state index < -0.39 is 0 Å². The molecule has 2 amide bonds. The van der Waals surface area contributed by atoms with E-state index in [1.807, 2.05) is 0 Å². The molecule has 6 rings (SSSR count). The highest BCUT2D eigenvalue weighted by Gasteiger charge is 2.67. The van der Waals surface area contributed by atoms with E-state index in [1.54, 1.807) is 32.4 Å². The summed E-state index contributed by atoms with van der Waals surface area (Å²) in [6.07, 6.45) is 5.52. The SMILES string of the molecule is COc1ccc(OC)c(N2C(=O)[C@@H]3[C@H]4C=C[C@@H]([C@@H]5C[C@@H]45)[C@@H]3C2=O)c1. The van der Waals surface area contributed by atoms with Crippen LogP contribution in [-0.4, -0.2) is 26.0 Å². The molecule has 0 spiro atoms. The van der Waals surface area contributed by atoms with E-state index in [0.717, 1.165) is 0 Å². The maximum atomic E-state index is 13.1. The number of methoxy groups -OCH3 is 2. The number of benzene rings is 1. The van der Waals surface area contributed by atoms with Gasteiger partial charge in [0, 0.05) is 6.07 Å². The molecule has 4 aliphatic carbocycles. The van der Waals surface area contributed by atoms with Crippen LogP contribution < -0.4 is 14.4 Å². The minimum absolute atomic E-state index is 0.0822. The average molecular weight is 325 g/mol. The molecule has 2 saturated carbocycles. The fourth-order valence-electron chi connectivity index (χ4n) is 5.17. The maximum Gasteiger partial charge on any atom is 0.238 e. The molecule has 0 radical (unpaired) electrons. The molecule has 1 heterocycles. The van der Waals surface area contributed by atoms with Crippen LogP contribution in [0.25, 0.3) is 0 Å². The van der Waals surface area contributed by atoms with Crippen molar-refractivity contribution in [2.24, 2.45) is 35.5 Å². The van der Waals surface area contributed by atoms with Gasteiger partial charge in [0.1, 0.15) is 11.5 Å². The molecule has 0 N–H and O–H groups in total. The normalized spacial score (nSPS) is 38.2. The van der Waals surface area contributed by atoms with Gasteiger partial charge in [-0.1, -0.05) is 12.2 Å². The largest absolute Gasteiger partial charge is 0.497 e. The first-order chi connectivity index (χ1) is 11.7. The van der Waals surface area contributed by atoms with Crippen molar-refractivity contribution in [2.75, 3.05) is 19.1 Å². The number of allylic oxidation sites excluding steroid dienone is 2. The topological polar surface area (TPSA) is 55.8 Å². The van der Waals surface area contributed by atoms with Crippen molar-refractivity contribution in [2.45, 2.75) is 6.42 Å². The van der Waals surface area contributed by atoms with E-state index in [-0.39, 0.29) is 35.5 Å². The van der Waals surface area contributed by atoms with Crippen LogP contribution in [0.1, 0.15) is 6.42 Å². The van der Waals surface area contributed by atoms with Crippen molar-refractivity contribution in [1.29, 1.82) is 0 Å². The Labute approximate surface area is 140 Å².